The molecule has 1 atom stereocenters. The van der Waals surface area contributed by atoms with E-state index < -0.39 is 0 Å². The van der Waals surface area contributed by atoms with Gasteiger partial charge in [0.1, 0.15) is 6.29 Å². The highest BCUT2D eigenvalue weighted by atomic mass is 16.1. The van der Waals surface area contributed by atoms with E-state index in [-0.39, 0.29) is 0 Å². The second kappa shape index (κ2) is 5.83. The van der Waals surface area contributed by atoms with Crippen molar-refractivity contribution in [1.29, 1.82) is 0 Å². The van der Waals surface area contributed by atoms with E-state index in [9.17, 15) is 4.79 Å². The molecular weight excluding hydrogens is 196 g/mol. The number of rotatable bonds is 4. The van der Waals surface area contributed by atoms with E-state index in [0.29, 0.717) is 12.3 Å². The number of carbonyl (C=O) groups excluding carboxylic acids is 1. The number of benzene rings is 1. The highest BCUT2D eigenvalue weighted by molar-refractivity contribution is 5.51. The fraction of sp³-hybridized carbons (Fsp3) is 0.533. The van der Waals surface area contributed by atoms with Crippen LogP contribution in [0, 0.1) is 5.92 Å². The zero-order chi connectivity index (χ0) is 11.2. The van der Waals surface area contributed by atoms with Crippen LogP contribution in [0.5, 0.6) is 0 Å². The summed E-state index contributed by atoms with van der Waals surface area (Å²) in [5.41, 5.74) is 1.35. The third-order valence-corrected chi connectivity index (χ3v) is 3.80. The first-order valence-electron chi connectivity index (χ1n) is 6.40. The fourth-order valence-electron chi connectivity index (χ4n) is 2.94. The van der Waals surface area contributed by atoms with Gasteiger partial charge in [0.2, 0.25) is 0 Å². The first-order valence-corrected chi connectivity index (χ1v) is 6.40. The second-order valence-electron chi connectivity index (χ2n) is 4.82. The fourth-order valence-corrected chi connectivity index (χ4v) is 2.94. The zero-order valence-corrected chi connectivity index (χ0v) is 9.77. The Morgan fingerprint density at radius 3 is 2.44 bits per heavy atom. The predicted molar refractivity (Wildman–Crippen MR) is 66.4 cm³/mol. The number of hydrogen-bond donors (Lipinski definition) is 0. The van der Waals surface area contributed by atoms with Crippen LogP contribution >= 0.6 is 0 Å². The Bertz CT molecular complexity index is 311. The summed E-state index contributed by atoms with van der Waals surface area (Å²) in [6.45, 7) is 0. The third kappa shape index (κ3) is 2.72. The molecule has 16 heavy (non-hydrogen) atoms. The maximum absolute atomic E-state index is 10.8. The number of carbonyl (C=O) groups is 1. The first-order chi connectivity index (χ1) is 7.92. The average molecular weight is 216 g/mol. The SMILES string of the molecule is O=CCC(c1ccccc1)C1CCCCC1. The Kier molecular flexibility index (Phi) is 4.15. The van der Waals surface area contributed by atoms with Gasteiger partial charge in [0.05, 0.1) is 0 Å². The normalized spacial score (nSPS) is 19.2. The van der Waals surface area contributed by atoms with E-state index >= 15 is 0 Å². The Morgan fingerprint density at radius 2 is 1.81 bits per heavy atom. The zero-order valence-electron chi connectivity index (χ0n) is 9.77. The lowest BCUT2D eigenvalue weighted by Gasteiger charge is -2.29. The quantitative estimate of drug-likeness (QED) is 0.697. The van der Waals surface area contributed by atoms with E-state index in [1.54, 1.807) is 0 Å². The molecule has 1 unspecified atom stereocenters. The van der Waals surface area contributed by atoms with Gasteiger partial charge in [0.15, 0.2) is 0 Å². The minimum atomic E-state index is 0.457. The molecule has 0 aromatic heterocycles. The Hall–Kier alpha value is -1.11. The number of aldehydes is 1. The number of hydrogen-bond acceptors (Lipinski definition) is 1. The van der Waals surface area contributed by atoms with Gasteiger partial charge in [-0.3, -0.25) is 0 Å². The Balaban J connectivity index is 2.12. The Morgan fingerprint density at radius 1 is 1.12 bits per heavy atom. The smallest absolute Gasteiger partial charge is 0.120 e. The van der Waals surface area contributed by atoms with Crippen LogP contribution in [0.2, 0.25) is 0 Å². The largest absolute Gasteiger partial charge is 0.303 e. The summed E-state index contributed by atoms with van der Waals surface area (Å²) in [6.07, 6.45) is 8.43. The maximum atomic E-state index is 10.8. The van der Waals surface area contributed by atoms with E-state index in [2.05, 4.69) is 24.3 Å². The predicted octanol–water partition coefficient (Wildman–Crippen LogP) is 3.94. The molecule has 0 heterocycles. The summed E-state index contributed by atoms with van der Waals surface area (Å²) < 4.78 is 0. The van der Waals surface area contributed by atoms with Crippen molar-refractivity contribution in [3.63, 3.8) is 0 Å². The lowest BCUT2D eigenvalue weighted by Crippen LogP contribution is -2.16. The van der Waals surface area contributed by atoms with Crippen molar-refractivity contribution in [2.24, 2.45) is 5.92 Å². The van der Waals surface area contributed by atoms with Crippen LogP contribution < -0.4 is 0 Å². The van der Waals surface area contributed by atoms with Gasteiger partial charge in [0, 0.05) is 6.42 Å². The highest BCUT2D eigenvalue weighted by Gasteiger charge is 2.24. The third-order valence-electron chi connectivity index (χ3n) is 3.80. The van der Waals surface area contributed by atoms with E-state index in [1.165, 1.54) is 37.7 Å². The molecule has 1 fully saturated rings. The molecule has 0 amide bonds. The molecule has 1 aliphatic carbocycles. The van der Waals surface area contributed by atoms with Crippen LogP contribution in [0.4, 0.5) is 0 Å². The molecular formula is C15H20O. The topological polar surface area (TPSA) is 17.1 Å². The van der Waals surface area contributed by atoms with E-state index in [4.69, 9.17) is 0 Å². The molecule has 1 nitrogen and oxygen atoms in total. The molecule has 1 saturated carbocycles. The van der Waals surface area contributed by atoms with Gasteiger partial charge in [0.25, 0.3) is 0 Å². The molecule has 0 saturated heterocycles. The summed E-state index contributed by atoms with van der Waals surface area (Å²) in [4.78, 5) is 10.8. The van der Waals surface area contributed by atoms with Gasteiger partial charge in [-0.1, -0.05) is 49.6 Å². The van der Waals surface area contributed by atoms with Gasteiger partial charge >= 0.3 is 0 Å². The molecule has 1 heteroatoms. The van der Waals surface area contributed by atoms with Crippen LogP contribution in [0.1, 0.15) is 50.0 Å². The van der Waals surface area contributed by atoms with Crippen molar-refractivity contribution in [3.8, 4) is 0 Å². The second-order valence-corrected chi connectivity index (χ2v) is 4.82. The molecule has 2 rings (SSSR count). The van der Waals surface area contributed by atoms with Gasteiger partial charge in [-0.15, -0.1) is 0 Å². The standard InChI is InChI=1S/C15H20O/c16-12-11-15(13-7-3-1-4-8-13)14-9-5-2-6-10-14/h1,3-4,7-8,12,14-15H,2,5-6,9-11H2. The summed E-state index contributed by atoms with van der Waals surface area (Å²) in [5, 5.41) is 0. The summed E-state index contributed by atoms with van der Waals surface area (Å²) >= 11 is 0. The first kappa shape index (κ1) is 11.4. The van der Waals surface area contributed by atoms with Crippen LogP contribution in [-0.4, -0.2) is 6.29 Å². The van der Waals surface area contributed by atoms with Crippen molar-refractivity contribution >= 4 is 6.29 Å². The van der Waals surface area contributed by atoms with E-state index in [0.717, 1.165) is 12.2 Å². The molecule has 0 spiro atoms. The van der Waals surface area contributed by atoms with Crippen LogP contribution in [-0.2, 0) is 4.79 Å². The van der Waals surface area contributed by atoms with Crippen LogP contribution in [0.25, 0.3) is 0 Å². The van der Waals surface area contributed by atoms with Gasteiger partial charge < -0.3 is 4.79 Å². The van der Waals surface area contributed by atoms with Gasteiger partial charge in [-0.05, 0) is 30.2 Å². The van der Waals surface area contributed by atoms with Crippen LogP contribution in [0.15, 0.2) is 30.3 Å². The molecule has 1 aromatic carbocycles. The molecule has 1 aliphatic rings. The molecule has 0 aliphatic heterocycles. The van der Waals surface area contributed by atoms with Gasteiger partial charge in [-0.25, -0.2) is 0 Å². The van der Waals surface area contributed by atoms with Crippen molar-refractivity contribution in [1.82, 2.24) is 0 Å². The van der Waals surface area contributed by atoms with Crippen molar-refractivity contribution < 1.29 is 4.79 Å². The van der Waals surface area contributed by atoms with Crippen molar-refractivity contribution in [3.05, 3.63) is 35.9 Å². The molecule has 1 aromatic rings. The Labute approximate surface area is 97.9 Å². The molecule has 86 valence electrons. The summed E-state index contributed by atoms with van der Waals surface area (Å²) in [6, 6.07) is 10.5. The minimum absolute atomic E-state index is 0.457. The molecule has 0 radical (unpaired) electrons. The lowest BCUT2D eigenvalue weighted by molar-refractivity contribution is -0.108. The molecule has 0 bridgehead atoms. The van der Waals surface area contributed by atoms with Crippen molar-refractivity contribution in [2.45, 2.75) is 44.4 Å². The lowest BCUT2D eigenvalue weighted by atomic mass is 9.75. The summed E-state index contributed by atoms with van der Waals surface area (Å²) in [7, 11) is 0. The van der Waals surface area contributed by atoms with Gasteiger partial charge in [-0.2, -0.15) is 0 Å². The average Bonchev–Trinajstić information content (AvgIpc) is 2.38. The monoisotopic (exact) mass is 216 g/mol. The highest BCUT2D eigenvalue weighted by Crippen LogP contribution is 2.37. The summed E-state index contributed by atoms with van der Waals surface area (Å²) in [5.74, 6) is 1.18. The van der Waals surface area contributed by atoms with E-state index in [1.807, 2.05) is 6.07 Å². The van der Waals surface area contributed by atoms with Crippen molar-refractivity contribution in [2.75, 3.05) is 0 Å². The minimum Gasteiger partial charge on any atom is -0.303 e. The molecule has 0 N–H and O–H groups in total. The maximum Gasteiger partial charge on any atom is 0.120 e. The van der Waals surface area contributed by atoms with Crippen LogP contribution in [0.3, 0.4) is 0 Å².